The summed E-state index contributed by atoms with van der Waals surface area (Å²) in [6, 6.07) is 3.09. The number of amides is 1. The summed E-state index contributed by atoms with van der Waals surface area (Å²) in [7, 11) is 1.32. The second kappa shape index (κ2) is 9.49. The van der Waals surface area contributed by atoms with Crippen molar-refractivity contribution in [2.75, 3.05) is 7.11 Å². The van der Waals surface area contributed by atoms with Crippen molar-refractivity contribution in [3.05, 3.63) is 33.9 Å². The first-order chi connectivity index (χ1) is 11.4. The number of carboxylic acids is 1. The van der Waals surface area contributed by atoms with Crippen LogP contribution in [0.3, 0.4) is 0 Å². The molecule has 0 radical (unpaired) electrons. The molecule has 0 bridgehead atoms. The Labute approximate surface area is 140 Å². The van der Waals surface area contributed by atoms with Crippen molar-refractivity contribution in [2.45, 2.75) is 45.1 Å². The number of rotatable bonds is 10. The van der Waals surface area contributed by atoms with Crippen LogP contribution >= 0.6 is 0 Å². The molecule has 0 aliphatic heterocycles. The van der Waals surface area contributed by atoms with E-state index in [1.54, 1.807) is 6.07 Å². The van der Waals surface area contributed by atoms with E-state index in [0.29, 0.717) is 12.0 Å². The molecule has 0 spiro atoms. The number of ether oxygens (including phenoxy) is 1. The third-order valence-electron chi connectivity index (χ3n) is 3.52. The molecule has 0 fully saturated rings. The lowest BCUT2D eigenvalue weighted by Crippen LogP contribution is -2.42. The number of unbranched alkanes of at least 4 members (excludes halogenated alkanes) is 2. The van der Waals surface area contributed by atoms with E-state index in [2.05, 4.69) is 5.32 Å². The number of carboxylic acid groups (broad SMARTS) is 1. The molecule has 132 valence electrons. The largest absolute Gasteiger partial charge is 0.490 e. The van der Waals surface area contributed by atoms with Gasteiger partial charge in [0.2, 0.25) is 5.91 Å². The van der Waals surface area contributed by atoms with E-state index in [0.717, 1.165) is 12.8 Å². The van der Waals surface area contributed by atoms with Gasteiger partial charge in [0.05, 0.1) is 12.0 Å². The molecule has 1 aromatic carbocycles. The number of nitro benzene ring substituents is 1. The Kier molecular flexibility index (Phi) is 7.67. The maximum atomic E-state index is 11.8. The first-order valence-corrected chi connectivity index (χ1v) is 7.72. The summed E-state index contributed by atoms with van der Waals surface area (Å²) in [5.41, 5.74) is 0.192. The van der Waals surface area contributed by atoms with Crippen molar-refractivity contribution in [1.82, 2.24) is 5.32 Å². The molecule has 0 heterocycles. The van der Waals surface area contributed by atoms with Crippen molar-refractivity contribution in [1.29, 1.82) is 0 Å². The van der Waals surface area contributed by atoms with Crippen molar-refractivity contribution >= 4 is 17.6 Å². The average molecular weight is 338 g/mol. The van der Waals surface area contributed by atoms with Crippen LogP contribution in [0.25, 0.3) is 0 Å². The number of benzene rings is 1. The smallest absolute Gasteiger partial charge is 0.326 e. The molecule has 0 saturated carbocycles. The second-order valence-corrected chi connectivity index (χ2v) is 5.38. The molecule has 8 heteroatoms. The molecule has 0 aliphatic carbocycles. The van der Waals surface area contributed by atoms with Crippen LogP contribution in [0.5, 0.6) is 5.75 Å². The quantitative estimate of drug-likeness (QED) is 0.384. The fourth-order valence-corrected chi connectivity index (χ4v) is 2.24. The van der Waals surface area contributed by atoms with Gasteiger partial charge in [-0.15, -0.1) is 0 Å². The van der Waals surface area contributed by atoms with E-state index in [-0.39, 0.29) is 30.2 Å². The maximum Gasteiger partial charge on any atom is 0.326 e. The summed E-state index contributed by atoms with van der Waals surface area (Å²) >= 11 is 0. The average Bonchev–Trinajstić information content (AvgIpc) is 2.54. The maximum absolute atomic E-state index is 11.8. The van der Waals surface area contributed by atoms with Crippen LogP contribution in [0.15, 0.2) is 18.2 Å². The molecule has 24 heavy (non-hydrogen) atoms. The molecule has 0 aromatic heterocycles. The summed E-state index contributed by atoms with van der Waals surface area (Å²) < 4.78 is 4.91. The predicted molar refractivity (Wildman–Crippen MR) is 87.1 cm³/mol. The normalized spacial score (nSPS) is 11.6. The summed E-state index contributed by atoms with van der Waals surface area (Å²) in [5.74, 6) is -1.42. The minimum Gasteiger partial charge on any atom is -0.490 e. The lowest BCUT2D eigenvalue weighted by Gasteiger charge is -2.15. The summed E-state index contributed by atoms with van der Waals surface area (Å²) in [5, 5.41) is 22.7. The molecule has 1 aromatic rings. The van der Waals surface area contributed by atoms with Gasteiger partial charge < -0.3 is 15.2 Å². The molecule has 0 aliphatic rings. The highest BCUT2D eigenvalue weighted by atomic mass is 16.6. The van der Waals surface area contributed by atoms with Gasteiger partial charge >= 0.3 is 11.7 Å². The zero-order valence-electron chi connectivity index (χ0n) is 13.8. The Balaban J connectivity index is 2.82. The Morgan fingerprint density at radius 2 is 2.08 bits per heavy atom. The van der Waals surface area contributed by atoms with Gasteiger partial charge in [0, 0.05) is 18.9 Å². The van der Waals surface area contributed by atoms with Crippen LogP contribution in [0.1, 0.15) is 38.2 Å². The zero-order chi connectivity index (χ0) is 18.1. The monoisotopic (exact) mass is 338 g/mol. The van der Waals surface area contributed by atoms with E-state index in [1.165, 1.54) is 19.2 Å². The Morgan fingerprint density at radius 1 is 1.38 bits per heavy atom. The fourth-order valence-electron chi connectivity index (χ4n) is 2.24. The molecular weight excluding hydrogens is 316 g/mol. The number of aliphatic carboxylic acids is 1. The van der Waals surface area contributed by atoms with Crippen LogP contribution in [0, 0.1) is 10.1 Å². The van der Waals surface area contributed by atoms with E-state index < -0.39 is 16.9 Å². The number of hydrogen-bond donors (Lipinski definition) is 2. The van der Waals surface area contributed by atoms with E-state index in [1.807, 2.05) is 6.92 Å². The topological polar surface area (TPSA) is 119 Å². The van der Waals surface area contributed by atoms with Gasteiger partial charge in [0.1, 0.15) is 6.04 Å². The van der Waals surface area contributed by atoms with Crippen LogP contribution in [0.2, 0.25) is 0 Å². The minimum absolute atomic E-state index is 0.0420. The van der Waals surface area contributed by atoms with Gasteiger partial charge in [-0.1, -0.05) is 25.8 Å². The zero-order valence-corrected chi connectivity index (χ0v) is 13.8. The Morgan fingerprint density at radius 3 is 2.62 bits per heavy atom. The SMILES string of the molecule is CCCCCC(=O)N[C@H](Cc1ccc(OC)c([N+](=O)[O-])c1)C(=O)O. The van der Waals surface area contributed by atoms with Crippen LogP contribution < -0.4 is 10.1 Å². The fraction of sp³-hybridized carbons (Fsp3) is 0.500. The summed E-state index contributed by atoms with van der Waals surface area (Å²) in [6.07, 6.45) is 2.78. The lowest BCUT2D eigenvalue weighted by atomic mass is 10.0. The van der Waals surface area contributed by atoms with Crippen molar-refractivity contribution < 1.29 is 24.4 Å². The molecule has 8 nitrogen and oxygen atoms in total. The highest BCUT2D eigenvalue weighted by Gasteiger charge is 2.22. The third-order valence-corrected chi connectivity index (χ3v) is 3.52. The molecule has 1 amide bonds. The van der Waals surface area contributed by atoms with E-state index in [9.17, 15) is 24.8 Å². The van der Waals surface area contributed by atoms with Gasteiger partial charge in [-0.3, -0.25) is 14.9 Å². The van der Waals surface area contributed by atoms with E-state index >= 15 is 0 Å². The Bertz CT molecular complexity index is 602. The number of nitro groups is 1. The number of nitrogens with zero attached hydrogens (tertiary/aromatic N) is 1. The van der Waals surface area contributed by atoms with Gasteiger partial charge in [0.15, 0.2) is 5.75 Å². The number of methoxy groups -OCH3 is 1. The minimum atomic E-state index is -1.18. The molecule has 0 saturated heterocycles. The number of nitrogens with one attached hydrogen (secondary N) is 1. The standard InChI is InChI=1S/C16H22N2O6/c1-3-4-5-6-15(19)17-12(16(20)21)9-11-7-8-14(24-2)13(10-11)18(22)23/h7-8,10,12H,3-6,9H2,1-2H3,(H,17,19)(H,20,21)/t12-/m1/s1. The molecule has 1 atom stereocenters. The van der Waals surface area contributed by atoms with Gasteiger partial charge in [-0.05, 0) is 18.1 Å². The van der Waals surface area contributed by atoms with Crippen LogP contribution in [0.4, 0.5) is 5.69 Å². The molecule has 2 N–H and O–H groups in total. The van der Waals surface area contributed by atoms with Crippen molar-refractivity contribution in [3.63, 3.8) is 0 Å². The van der Waals surface area contributed by atoms with Gasteiger partial charge in [-0.2, -0.15) is 0 Å². The van der Waals surface area contributed by atoms with Crippen molar-refractivity contribution in [3.8, 4) is 5.75 Å². The molecule has 0 unspecified atom stereocenters. The summed E-state index contributed by atoms with van der Waals surface area (Å²) in [4.78, 5) is 33.6. The lowest BCUT2D eigenvalue weighted by molar-refractivity contribution is -0.385. The number of carbonyl (C=O) groups excluding carboxylic acids is 1. The van der Waals surface area contributed by atoms with Crippen LogP contribution in [-0.2, 0) is 16.0 Å². The first-order valence-electron chi connectivity index (χ1n) is 7.72. The predicted octanol–water partition coefficient (Wildman–Crippen LogP) is 2.30. The first kappa shape index (κ1) is 19.4. The van der Waals surface area contributed by atoms with Crippen LogP contribution in [-0.4, -0.2) is 35.1 Å². The van der Waals surface area contributed by atoms with Gasteiger partial charge in [-0.25, -0.2) is 4.79 Å². The van der Waals surface area contributed by atoms with E-state index in [4.69, 9.17) is 4.74 Å². The molecule has 1 rings (SSSR count). The highest BCUT2D eigenvalue weighted by Crippen LogP contribution is 2.28. The number of hydrogen-bond acceptors (Lipinski definition) is 5. The van der Waals surface area contributed by atoms with Crippen molar-refractivity contribution in [2.24, 2.45) is 0 Å². The third kappa shape index (κ3) is 5.86. The number of carbonyl (C=O) groups is 2. The van der Waals surface area contributed by atoms with Gasteiger partial charge in [0.25, 0.3) is 0 Å². The molecular formula is C16H22N2O6. The second-order valence-electron chi connectivity index (χ2n) is 5.38. The highest BCUT2D eigenvalue weighted by molar-refractivity contribution is 5.83. The Hall–Kier alpha value is -2.64. The summed E-state index contributed by atoms with van der Waals surface area (Å²) in [6.45, 7) is 2.01.